The molecule has 54 valence electrons. The number of carbonyl (C=O) groups is 1. The molecule has 4 heteroatoms. The third-order valence-electron chi connectivity index (χ3n) is 0.114. The molecule has 0 bridgehead atoms. The van der Waals surface area contributed by atoms with Crippen molar-refractivity contribution in [1.29, 1.82) is 0 Å². The third kappa shape index (κ3) is 29.9. The van der Waals surface area contributed by atoms with E-state index >= 15 is 0 Å². The van der Waals surface area contributed by atoms with Crippen molar-refractivity contribution in [3.8, 4) is 0 Å². The Bertz CT molecular complexity index is 58.0. The van der Waals surface area contributed by atoms with E-state index in [4.69, 9.17) is 5.11 Å². The molecule has 0 fully saturated rings. The van der Waals surface area contributed by atoms with Crippen LogP contribution in [0.2, 0.25) is 4.64 Å². The summed E-state index contributed by atoms with van der Waals surface area (Å²) >= 11 is 5.14. The van der Waals surface area contributed by atoms with E-state index < -0.39 is 5.97 Å². The van der Waals surface area contributed by atoms with Crippen molar-refractivity contribution in [3.63, 3.8) is 0 Å². The molecule has 0 heterocycles. The predicted molar refractivity (Wildman–Crippen MR) is 31.9 cm³/mol. The van der Waals surface area contributed by atoms with Crippen molar-refractivity contribution in [1.82, 2.24) is 0 Å². The first kappa shape index (κ1) is 11.5. The monoisotopic (exact) mass is 364 g/mol. The summed E-state index contributed by atoms with van der Waals surface area (Å²) in [6.07, 6.45) is 0. The number of halogens is 1. The van der Waals surface area contributed by atoms with Gasteiger partial charge in [0.1, 0.15) is 5.33 Å². The minimum atomic E-state index is -0.829. The molecule has 0 aliphatic heterocycles. The number of alkyl halides is 1. The molecule has 0 radical (unpaired) electrons. The van der Waals surface area contributed by atoms with Gasteiger partial charge < -0.3 is 5.11 Å². The second-order valence-electron chi connectivity index (χ2n) is 0.741. The van der Waals surface area contributed by atoms with Crippen molar-refractivity contribution in [2.24, 2.45) is 0 Å². The van der Waals surface area contributed by atoms with E-state index in [2.05, 4.69) is 43.9 Å². The van der Waals surface area contributed by atoms with Gasteiger partial charge >= 0.3 is 38.6 Å². The van der Waals surface area contributed by atoms with Crippen molar-refractivity contribution in [2.75, 3.05) is 5.33 Å². The zero-order valence-electron chi connectivity index (χ0n) is 4.45. The predicted octanol–water partition coefficient (Wildman–Crippen LogP) is 1.44. The maximum atomic E-state index is 9.32. The summed E-state index contributed by atoms with van der Waals surface area (Å²) < 4.78 is 1.19. The van der Waals surface area contributed by atoms with Crippen LogP contribution in [0.1, 0.15) is 6.92 Å². The fourth-order valence-electron chi connectivity index (χ4n) is 0. The molecule has 0 aromatic rings. The first-order chi connectivity index (χ1) is 3.68. The van der Waals surface area contributed by atoms with E-state index in [1.165, 1.54) is 4.64 Å². The first-order valence-corrected chi connectivity index (χ1v) is 4.62. The molecule has 0 saturated carbocycles. The van der Waals surface area contributed by atoms with E-state index in [0.29, 0.717) is 0 Å². The van der Waals surface area contributed by atoms with Crippen LogP contribution in [0.5, 0.6) is 0 Å². The SMILES string of the molecule is C[CH2][Au].O=C(O)CBr. The van der Waals surface area contributed by atoms with Crippen molar-refractivity contribution < 1.29 is 31.0 Å². The summed E-state index contributed by atoms with van der Waals surface area (Å²) in [4.78, 5) is 9.32. The van der Waals surface area contributed by atoms with Gasteiger partial charge in [-0.2, -0.15) is 0 Å². The topological polar surface area (TPSA) is 37.3 Å². The van der Waals surface area contributed by atoms with Crippen molar-refractivity contribution in [2.45, 2.75) is 11.6 Å². The quantitative estimate of drug-likeness (QED) is 0.564. The molecule has 0 aliphatic rings. The molecular formula is C4H8AuBrO2. The summed E-state index contributed by atoms with van der Waals surface area (Å²) in [5.74, 6) is -0.829. The first-order valence-electron chi connectivity index (χ1n) is 1.97. The van der Waals surface area contributed by atoms with Gasteiger partial charge in [-0.05, 0) is 0 Å². The molecule has 0 saturated heterocycles. The zero-order chi connectivity index (χ0) is 6.99. The number of rotatable bonds is 1. The van der Waals surface area contributed by atoms with Crippen LogP contribution in [0, 0.1) is 0 Å². The summed E-state index contributed by atoms with van der Waals surface area (Å²) in [6, 6.07) is 0. The molecule has 0 unspecified atom stereocenters. The van der Waals surface area contributed by atoms with E-state index in [0.717, 1.165) is 0 Å². The second-order valence-corrected chi connectivity index (χ2v) is 2.83. The largest absolute Gasteiger partial charge is 0.481 e. The Morgan fingerprint density at radius 2 is 2.00 bits per heavy atom. The van der Waals surface area contributed by atoms with Crippen LogP contribution in [-0.2, 0) is 25.9 Å². The minimum Gasteiger partial charge on any atom is -0.481 e. The Kier molecular flexibility index (Phi) is 15.3. The number of carboxylic acid groups (broad SMARTS) is 1. The molecule has 1 N–H and O–H groups in total. The second kappa shape index (κ2) is 10.6. The molecule has 0 aromatic heterocycles. The molecule has 0 atom stereocenters. The van der Waals surface area contributed by atoms with Crippen molar-refractivity contribution >= 4 is 21.9 Å². The van der Waals surface area contributed by atoms with E-state index in [9.17, 15) is 4.79 Å². The summed E-state index contributed by atoms with van der Waals surface area (Å²) in [5.41, 5.74) is 0. The van der Waals surface area contributed by atoms with Gasteiger partial charge in [-0.15, -0.1) is 0 Å². The number of hydrogen-bond acceptors (Lipinski definition) is 1. The van der Waals surface area contributed by atoms with Gasteiger partial charge in [-0.25, -0.2) is 0 Å². The average Bonchev–Trinajstić information content (AvgIpc) is 1.69. The Balaban J connectivity index is 0. The van der Waals surface area contributed by atoms with Crippen LogP contribution in [0.4, 0.5) is 0 Å². The van der Waals surface area contributed by atoms with Gasteiger partial charge in [0.15, 0.2) is 0 Å². The van der Waals surface area contributed by atoms with Crippen molar-refractivity contribution in [3.05, 3.63) is 0 Å². The van der Waals surface area contributed by atoms with Crippen LogP contribution < -0.4 is 0 Å². The van der Waals surface area contributed by atoms with Crippen LogP contribution in [0.25, 0.3) is 0 Å². The van der Waals surface area contributed by atoms with Crippen LogP contribution in [-0.4, -0.2) is 16.4 Å². The van der Waals surface area contributed by atoms with Gasteiger partial charge in [0, 0.05) is 0 Å². The molecule has 0 aliphatic carbocycles. The normalized spacial score (nSPS) is 7.00. The maximum absolute atomic E-state index is 9.32. The zero-order valence-corrected chi connectivity index (χ0v) is 8.20. The third-order valence-corrected chi connectivity index (χ3v) is 0.594. The summed E-state index contributed by atoms with van der Waals surface area (Å²) in [7, 11) is 0. The molecular weight excluding hydrogens is 357 g/mol. The van der Waals surface area contributed by atoms with E-state index in [1.54, 1.807) is 0 Å². The fourth-order valence-corrected chi connectivity index (χ4v) is 0. The molecule has 8 heavy (non-hydrogen) atoms. The Morgan fingerprint density at radius 1 is 1.88 bits per heavy atom. The van der Waals surface area contributed by atoms with Gasteiger partial charge in [-0.3, -0.25) is 4.79 Å². The Labute approximate surface area is 69.7 Å². The van der Waals surface area contributed by atoms with Gasteiger partial charge in [0.05, 0.1) is 0 Å². The van der Waals surface area contributed by atoms with Crippen LogP contribution in [0.15, 0.2) is 0 Å². The standard InChI is InChI=1S/C2H3BrO2.C2H5.Au/c3-1-2(4)5;1-2;/h1H2,(H,4,5);1H2,2H3;. The van der Waals surface area contributed by atoms with E-state index in [-0.39, 0.29) is 5.33 Å². The Hall–Kier alpha value is 0.690. The number of aliphatic carboxylic acids is 1. The minimum absolute atomic E-state index is 0.0347. The average molecular weight is 365 g/mol. The molecule has 0 amide bonds. The van der Waals surface area contributed by atoms with Gasteiger partial charge in [0.25, 0.3) is 0 Å². The smallest absolute Gasteiger partial charge is 0.314 e. The van der Waals surface area contributed by atoms with Gasteiger partial charge in [-0.1, -0.05) is 15.9 Å². The van der Waals surface area contributed by atoms with Crippen LogP contribution >= 0.6 is 15.9 Å². The van der Waals surface area contributed by atoms with E-state index in [1.807, 2.05) is 0 Å². The molecule has 0 spiro atoms. The molecule has 0 rings (SSSR count). The van der Waals surface area contributed by atoms with Gasteiger partial charge in [0.2, 0.25) is 0 Å². The number of hydrogen-bond donors (Lipinski definition) is 1. The number of carboxylic acids is 1. The Morgan fingerprint density at radius 3 is 2.00 bits per heavy atom. The van der Waals surface area contributed by atoms with Crippen LogP contribution in [0.3, 0.4) is 0 Å². The molecule has 0 aromatic carbocycles. The maximum Gasteiger partial charge on any atom is 0.314 e. The molecule has 2 nitrogen and oxygen atoms in total. The fraction of sp³-hybridized carbons (Fsp3) is 0.750. The summed E-state index contributed by atoms with van der Waals surface area (Å²) in [5, 5.41) is 7.71. The summed E-state index contributed by atoms with van der Waals surface area (Å²) in [6.45, 7) is 2.10.